The third-order valence-corrected chi connectivity index (χ3v) is 6.07. The Bertz CT molecular complexity index is 737. The molecule has 1 fully saturated rings. The highest BCUT2D eigenvalue weighted by atomic mass is 32.2. The maximum atomic E-state index is 12.5. The first-order chi connectivity index (χ1) is 12.1. The average molecular weight is 359 g/mol. The Morgan fingerprint density at radius 2 is 1.96 bits per heavy atom. The van der Waals surface area contributed by atoms with Crippen molar-refractivity contribution in [2.45, 2.75) is 50.2 Å². The Kier molecular flexibility index (Phi) is 5.78. The zero-order valence-corrected chi connectivity index (χ0v) is 16.1. The maximum absolute atomic E-state index is 12.5. The lowest BCUT2D eigenvalue weighted by molar-refractivity contribution is -0.129. The lowest BCUT2D eigenvalue weighted by Gasteiger charge is -2.31. The Morgan fingerprint density at radius 3 is 2.68 bits per heavy atom. The molecule has 6 heteroatoms. The first kappa shape index (κ1) is 18.0. The van der Waals surface area contributed by atoms with Crippen LogP contribution in [-0.4, -0.2) is 44.4 Å². The third kappa shape index (κ3) is 4.06. The van der Waals surface area contributed by atoms with Crippen molar-refractivity contribution in [3.8, 4) is 11.4 Å². The van der Waals surface area contributed by atoms with Crippen LogP contribution in [0.15, 0.2) is 29.4 Å². The SMILES string of the molecule is Cc1ccccc1-c1nnc(SCC(=O)N(C)C2CCCCC2)n1C. The number of hydrogen-bond acceptors (Lipinski definition) is 4. The van der Waals surface area contributed by atoms with Crippen molar-refractivity contribution >= 4 is 17.7 Å². The number of amides is 1. The predicted octanol–water partition coefficient (Wildman–Crippen LogP) is 3.67. The Labute approximate surface area is 153 Å². The van der Waals surface area contributed by atoms with Gasteiger partial charge in [-0.2, -0.15) is 0 Å². The summed E-state index contributed by atoms with van der Waals surface area (Å²) in [4.78, 5) is 14.4. The van der Waals surface area contributed by atoms with E-state index in [1.54, 1.807) is 0 Å². The number of hydrogen-bond donors (Lipinski definition) is 0. The molecule has 1 amide bonds. The summed E-state index contributed by atoms with van der Waals surface area (Å²) in [6.45, 7) is 2.07. The summed E-state index contributed by atoms with van der Waals surface area (Å²) in [7, 11) is 3.90. The molecule has 3 rings (SSSR count). The molecule has 0 unspecified atom stereocenters. The minimum atomic E-state index is 0.178. The fraction of sp³-hybridized carbons (Fsp3) is 0.526. The summed E-state index contributed by atoms with van der Waals surface area (Å²) < 4.78 is 1.97. The van der Waals surface area contributed by atoms with E-state index < -0.39 is 0 Å². The van der Waals surface area contributed by atoms with E-state index in [9.17, 15) is 4.79 Å². The van der Waals surface area contributed by atoms with Crippen molar-refractivity contribution in [1.29, 1.82) is 0 Å². The van der Waals surface area contributed by atoms with Gasteiger partial charge in [-0.05, 0) is 25.3 Å². The van der Waals surface area contributed by atoms with Crippen LogP contribution >= 0.6 is 11.8 Å². The first-order valence-corrected chi connectivity index (χ1v) is 9.90. The van der Waals surface area contributed by atoms with Crippen LogP contribution in [0, 0.1) is 6.92 Å². The number of rotatable bonds is 5. The number of nitrogens with zero attached hydrogens (tertiary/aromatic N) is 4. The summed E-state index contributed by atoms with van der Waals surface area (Å²) in [5.41, 5.74) is 2.25. The van der Waals surface area contributed by atoms with Gasteiger partial charge < -0.3 is 9.47 Å². The molecule has 0 bridgehead atoms. The smallest absolute Gasteiger partial charge is 0.233 e. The summed E-state index contributed by atoms with van der Waals surface area (Å²) in [5, 5.41) is 9.39. The van der Waals surface area contributed by atoms with E-state index in [4.69, 9.17) is 0 Å². The number of benzene rings is 1. The minimum Gasteiger partial charge on any atom is -0.342 e. The maximum Gasteiger partial charge on any atom is 0.233 e. The van der Waals surface area contributed by atoms with Crippen LogP contribution in [0.25, 0.3) is 11.4 Å². The van der Waals surface area contributed by atoms with E-state index in [0.29, 0.717) is 11.8 Å². The summed E-state index contributed by atoms with van der Waals surface area (Å²) >= 11 is 1.47. The van der Waals surface area contributed by atoms with Crippen LogP contribution in [0.4, 0.5) is 0 Å². The molecule has 1 aromatic carbocycles. The van der Waals surface area contributed by atoms with Gasteiger partial charge in [-0.25, -0.2) is 0 Å². The van der Waals surface area contributed by atoms with Crippen molar-refractivity contribution in [3.63, 3.8) is 0 Å². The zero-order chi connectivity index (χ0) is 17.8. The van der Waals surface area contributed by atoms with Crippen LogP contribution in [0.1, 0.15) is 37.7 Å². The number of thioether (sulfide) groups is 1. The van der Waals surface area contributed by atoms with Crippen LogP contribution < -0.4 is 0 Å². The van der Waals surface area contributed by atoms with Crippen molar-refractivity contribution in [2.24, 2.45) is 7.05 Å². The highest BCUT2D eigenvalue weighted by Crippen LogP contribution is 2.26. The predicted molar refractivity (Wildman–Crippen MR) is 102 cm³/mol. The van der Waals surface area contributed by atoms with Gasteiger partial charge >= 0.3 is 0 Å². The normalized spacial score (nSPS) is 15.3. The molecule has 0 N–H and O–H groups in total. The molecule has 1 aliphatic carbocycles. The molecule has 1 saturated carbocycles. The molecular weight excluding hydrogens is 332 g/mol. The molecule has 0 radical (unpaired) electrons. The molecule has 0 aliphatic heterocycles. The molecule has 2 aromatic rings. The van der Waals surface area contributed by atoms with E-state index >= 15 is 0 Å². The number of carbonyl (C=O) groups is 1. The van der Waals surface area contributed by atoms with Gasteiger partial charge in [-0.15, -0.1) is 10.2 Å². The second-order valence-corrected chi connectivity index (χ2v) is 7.71. The lowest BCUT2D eigenvalue weighted by atomic mass is 9.94. The van der Waals surface area contributed by atoms with E-state index in [2.05, 4.69) is 29.3 Å². The van der Waals surface area contributed by atoms with E-state index in [0.717, 1.165) is 29.4 Å². The third-order valence-electron chi connectivity index (χ3n) is 5.06. The molecule has 134 valence electrons. The summed E-state index contributed by atoms with van der Waals surface area (Å²) in [6, 6.07) is 8.55. The van der Waals surface area contributed by atoms with Gasteiger partial charge in [0, 0.05) is 25.7 Å². The largest absolute Gasteiger partial charge is 0.342 e. The molecule has 5 nitrogen and oxygen atoms in total. The van der Waals surface area contributed by atoms with Crippen molar-refractivity contribution in [2.75, 3.05) is 12.8 Å². The fourth-order valence-corrected chi connectivity index (χ4v) is 4.23. The second-order valence-electron chi connectivity index (χ2n) is 6.77. The highest BCUT2D eigenvalue weighted by Gasteiger charge is 2.22. The Balaban J connectivity index is 1.64. The van der Waals surface area contributed by atoms with Crippen LogP contribution in [0.5, 0.6) is 0 Å². The van der Waals surface area contributed by atoms with Gasteiger partial charge in [-0.3, -0.25) is 4.79 Å². The molecule has 0 atom stereocenters. The van der Waals surface area contributed by atoms with Crippen LogP contribution in [0.2, 0.25) is 0 Å². The quantitative estimate of drug-likeness (QED) is 0.765. The van der Waals surface area contributed by atoms with Crippen LogP contribution in [0.3, 0.4) is 0 Å². The van der Waals surface area contributed by atoms with Crippen LogP contribution in [-0.2, 0) is 11.8 Å². The van der Waals surface area contributed by atoms with Gasteiger partial charge in [0.25, 0.3) is 0 Å². The topological polar surface area (TPSA) is 51.0 Å². The van der Waals surface area contributed by atoms with E-state index in [1.165, 1.54) is 36.6 Å². The van der Waals surface area contributed by atoms with Gasteiger partial charge in [-0.1, -0.05) is 55.3 Å². The summed E-state index contributed by atoms with van der Waals surface area (Å²) in [6.07, 6.45) is 6.04. The van der Waals surface area contributed by atoms with Crippen molar-refractivity contribution in [3.05, 3.63) is 29.8 Å². The monoisotopic (exact) mass is 358 g/mol. The van der Waals surface area contributed by atoms with Crippen molar-refractivity contribution < 1.29 is 4.79 Å². The molecule has 0 spiro atoms. The molecule has 1 aromatic heterocycles. The second kappa shape index (κ2) is 8.04. The van der Waals surface area contributed by atoms with Gasteiger partial charge in [0.2, 0.25) is 5.91 Å². The standard InChI is InChI=1S/C19H26N4OS/c1-14-9-7-8-12-16(14)18-20-21-19(23(18)3)25-13-17(24)22(2)15-10-5-4-6-11-15/h7-9,12,15H,4-6,10-11,13H2,1-3H3. The number of aromatic nitrogens is 3. The number of carbonyl (C=O) groups excluding carboxylic acids is 1. The molecule has 0 saturated heterocycles. The highest BCUT2D eigenvalue weighted by molar-refractivity contribution is 7.99. The first-order valence-electron chi connectivity index (χ1n) is 8.91. The molecule has 1 aliphatic rings. The Morgan fingerprint density at radius 1 is 1.24 bits per heavy atom. The van der Waals surface area contributed by atoms with Gasteiger partial charge in [0.05, 0.1) is 5.75 Å². The number of aryl methyl sites for hydroxylation is 1. The van der Waals surface area contributed by atoms with E-state index in [-0.39, 0.29) is 5.91 Å². The van der Waals surface area contributed by atoms with Gasteiger partial charge in [0.15, 0.2) is 11.0 Å². The van der Waals surface area contributed by atoms with Gasteiger partial charge in [0.1, 0.15) is 0 Å². The Hall–Kier alpha value is -1.82. The van der Waals surface area contributed by atoms with Crippen molar-refractivity contribution in [1.82, 2.24) is 19.7 Å². The molecule has 25 heavy (non-hydrogen) atoms. The minimum absolute atomic E-state index is 0.178. The zero-order valence-electron chi connectivity index (χ0n) is 15.2. The molecular formula is C19H26N4OS. The van der Waals surface area contributed by atoms with E-state index in [1.807, 2.05) is 35.7 Å². The average Bonchev–Trinajstić information content (AvgIpc) is 3.00. The lowest BCUT2D eigenvalue weighted by Crippen LogP contribution is -2.39. The summed E-state index contributed by atoms with van der Waals surface area (Å²) in [5.74, 6) is 1.43. The molecule has 1 heterocycles. The fourth-order valence-electron chi connectivity index (χ4n) is 3.40.